The molecule has 116 valence electrons. The van der Waals surface area contributed by atoms with E-state index in [1.54, 1.807) is 6.08 Å². The van der Waals surface area contributed by atoms with Crippen LogP contribution in [0.1, 0.15) is 18.9 Å². The van der Waals surface area contributed by atoms with E-state index in [0.717, 1.165) is 34.4 Å². The Kier molecular flexibility index (Phi) is 5.57. The van der Waals surface area contributed by atoms with E-state index < -0.39 is 18.4 Å². The van der Waals surface area contributed by atoms with E-state index in [4.69, 9.17) is 17.0 Å². The number of ether oxygens (including phenoxy) is 1. The summed E-state index contributed by atoms with van der Waals surface area (Å²) in [6, 6.07) is 7.30. The van der Waals surface area contributed by atoms with Crippen molar-refractivity contribution in [2.75, 3.05) is 13.2 Å². The molecule has 1 fully saturated rings. The number of thioether (sulfide) groups is 1. The second-order valence-electron chi connectivity index (χ2n) is 4.56. The molecule has 1 aliphatic heterocycles. The van der Waals surface area contributed by atoms with Gasteiger partial charge in [-0.3, -0.25) is 9.69 Å². The standard InChI is InChI=1S/C15H15NO4S2/c1-2-7-20-11-5-3-10(4-6-11)8-12-14(19)16(9-13(17)18)15(21)22-12/h3-6,8H,2,7,9H2,1H3,(H,17,18)/p-1/b12-8-. The van der Waals surface area contributed by atoms with Gasteiger partial charge in [0.2, 0.25) is 0 Å². The summed E-state index contributed by atoms with van der Waals surface area (Å²) in [5.74, 6) is -0.982. The topological polar surface area (TPSA) is 69.7 Å². The summed E-state index contributed by atoms with van der Waals surface area (Å²) in [5.41, 5.74) is 0.817. The van der Waals surface area contributed by atoms with Crippen LogP contribution in [0.3, 0.4) is 0 Å². The Hall–Kier alpha value is -1.86. The zero-order valence-corrected chi connectivity index (χ0v) is 13.5. The van der Waals surface area contributed by atoms with Gasteiger partial charge in [0.1, 0.15) is 10.1 Å². The summed E-state index contributed by atoms with van der Waals surface area (Å²) in [5, 5.41) is 10.6. The highest BCUT2D eigenvalue weighted by molar-refractivity contribution is 8.26. The first-order chi connectivity index (χ1) is 10.5. The summed E-state index contributed by atoms with van der Waals surface area (Å²) in [4.78, 5) is 24.1. The summed E-state index contributed by atoms with van der Waals surface area (Å²) in [6.07, 6.45) is 2.61. The maximum absolute atomic E-state index is 12.1. The summed E-state index contributed by atoms with van der Waals surface area (Å²) in [7, 11) is 0. The van der Waals surface area contributed by atoms with Gasteiger partial charge >= 0.3 is 0 Å². The van der Waals surface area contributed by atoms with Crippen molar-refractivity contribution in [1.29, 1.82) is 0 Å². The molecule has 0 bridgehead atoms. The van der Waals surface area contributed by atoms with Crippen LogP contribution in [0.25, 0.3) is 6.08 Å². The van der Waals surface area contributed by atoms with Crippen LogP contribution in [0, 0.1) is 0 Å². The quantitative estimate of drug-likeness (QED) is 0.578. The largest absolute Gasteiger partial charge is 0.548 e. The van der Waals surface area contributed by atoms with E-state index in [1.807, 2.05) is 31.2 Å². The molecule has 5 nitrogen and oxygen atoms in total. The normalized spacial score (nSPS) is 16.4. The Morgan fingerprint density at radius 1 is 1.41 bits per heavy atom. The molecule has 1 saturated heterocycles. The lowest BCUT2D eigenvalue weighted by molar-refractivity contribution is -0.305. The second-order valence-corrected chi connectivity index (χ2v) is 6.23. The van der Waals surface area contributed by atoms with Gasteiger partial charge < -0.3 is 14.6 Å². The lowest BCUT2D eigenvalue weighted by Crippen LogP contribution is -2.40. The van der Waals surface area contributed by atoms with E-state index in [9.17, 15) is 14.7 Å². The molecule has 1 amide bonds. The third-order valence-electron chi connectivity index (χ3n) is 2.81. The van der Waals surface area contributed by atoms with Crippen molar-refractivity contribution in [3.63, 3.8) is 0 Å². The number of rotatable bonds is 6. The molecule has 7 heteroatoms. The van der Waals surface area contributed by atoms with Crippen molar-refractivity contribution in [1.82, 2.24) is 4.90 Å². The van der Waals surface area contributed by atoms with Gasteiger partial charge in [0.25, 0.3) is 5.91 Å². The first-order valence-electron chi connectivity index (χ1n) is 6.69. The number of carbonyl (C=O) groups is 2. The van der Waals surface area contributed by atoms with Gasteiger partial charge in [0.05, 0.1) is 24.0 Å². The van der Waals surface area contributed by atoms with Crippen LogP contribution < -0.4 is 9.84 Å². The smallest absolute Gasteiger partial charge is 0.266 e. The minimum atomic E-state index is -1.34. The van der Waals surface area contributed by atoms with Gasteiger partial charge in [0.15, 0.2) is 0 Å². The first-order valence-corrected chi connectivity index (χ1v) is 7.92. The molecule has 1 aromatic rings. The van der Waals surface area contributed by atoms with Crippen LogP contribution in [0.2, 0.25) is 0 Å². The van der Waals surface area contributed by atoms with E-state index >= 15 is 0 Å². The summed E-state index contributed by atoms with van der Waals surface area (Å²) in [6.45, 7) is 2.16. The molecule has 0 saturated carbocycles. The molecule has 0 aromatic heterocycles. The summed E-state index contributed by atoms with van der Waals surface area (Å²) < 4.78 is 5.71. The third kappa shape index (κ3) is 4.08. The van der Waals surface area contributed by atoms with E-state index in [-0.39, 0.29) is 4.32 Å². The average Bonchev–Trinajstić information content (AvgIpc) is 2.74. The van der Waals surface area contributed by atoms with Crippen molar-refractivity contribution in [2.24, 2.45) is 0 Å². The maximum atomic E-state index is 12.1. The van der Waals surface area contributed by atoms with Gasteiger partial charge in [-0.05, 0) is 30.2 Å². The van der Waals surface area contributed by atoms with Crippen molar-refractivity contribution in [2.45, 2.75) is 13.3 Å². The number of amides is 1. The molecule has 22 heavy (non-hydrogen) atoms. The number of carbonyl (C=O) groups excluding carboxylic acids is 2. The third-order valence-corrected chi connectivity index (χ3v) is 4.19. The van der Waals surface area contributed by atoms with E-state index in [1.165, 1.54) is 0 Å². The Morgan fingerprint density at radius 3 is 2.68 bits per heavy atom. The van der Waals surface area contributed by atoms with Gasteiger partial charge in [-0.25, -0.2) is 0 Å². The fraction of sp³-hybridized carbons (Fsp3) is 0.267. The van der Waals surface area contributed by atoms with Gasteiger partial charge in [-0.2, -0.15) is 0 Å². The molecule has 1 aliphatic rings. The van der Waals surface area contributed by atoms with Crippen molar-refractivity contribution in [3.05, 3.63) is 34.7 Å². The monoisotopic (exact) mass is 336 g/mol. The number of carboxylic acid groups (broad SMARTS) is 1. The zero-order valence-electron chi connectivity index (χ0n) is 11.9. The number of hydrogen-bond acceptors (Lipinski definition) is 6. The predicted octanol–water partition coefficient (Wildman–Crippen LogP) is 1.43. The highest BCUT2D eigenvalue weighted by Crippen LogP contribution is 2.32. The molecular weight excluding hydrogens is 322 g/mol. The van der Waals surface area contributed by atoms with Crippen LogP contribution in [-0.2, 0) is 9.59 Å². The highest BCUT2D eigenvalue weighted by Gasteiger charge is 2.31. The van der Waals surface area contributed by atoms with Crippen molar-refractivity contribution in [3.8, 4) is 5.75 Å². The lowest BCUT2D eigenvalue weighted by atomic mass is 10.2. The van der Waals surface area contributed by atoms with Crippen molar-refractivity contribution >= 4 is 46.3 Å². The van der Waals surface area contributed by atoms with Gasteiger partial charge in [-0.15, -0.1) is 0 Å². The molecular formula is C15H14NO4S2-. The second kappa shape index (κ2) is 7.42. The molecule has 1 heterocycles. The Morgan fingerprint density at radius 2 is 2.09 bits per heavy atom. The average molecular weight is 336 g/mol. The van der Waals surface area contributed by atoms with Crippen molar-refractivity contribution < 1.29 is 19.4 Å². The molecule has 0 aliphatic carbocycles. The van der Waals surface area contributed by atoms with Crippen LogP contribution >= 0.6 is 24.0 Å². The molecule has 0 spiro atoms. The number of benzene rings is 1. The molecule has 0 atom stereocenters. The van der Waals surface area contributed by atoms with E-state index in [0.29, 0.717) is 11.5 Å². The predicted molar refractivity (Wildman–Crippen MR) is 87.1 cm³/mol. The molecule has 0 unspecified atom stereocenters. The number of nitrogens with zero attached hydrogens (tertiary/aromatic N) is 1. The minimum Gasteiger partial charge on any atom is -0.548 e. The van der Waals surface area contributed by atoms with Gasteiger partial charge in [0, 0.05) is 0 Å². The van der Waals surface area contributed by atoms with E-state index in [2.05, 4.69) is 0 Å². The zero-order chi connectivity index (χ0) is 16.1. The fourth-order valence-electron chi connectivity index (χ4n) is 1.80. The number of aliphatic carboxylic acids is 1. The molecule has 0 N–H and O–H groups in total. The Labute approximate surface area is 137 Å². The Balaban J connectivity index is 2.11. The first kappa shape index (κ1) is 16.5. The Bertz CT molecular complexity index is 625. The molecule has 0 radical (unpaired) electrons. The van der Waals surface area contributed by atoms with Crippen LogP contribution in [0.4, 0.5) is 0 Å². The number of carboxylic acids is 1. The minimum absolute atomic E-state index is 0.225. The number of thiocarbonyl (C=S) groups is 1. The SMILES string of the molecule is CCCOc1ccc(/C=C2\SC(=S)N(CC(=O)[O-])C2=O)cc1. The lowest BCUT2D eigenvalue weighted by Gasteiger charge is -2.14. The fourth-order valence-corrected chi connectivity index (χ4v) is 3.05. The maximum Gasteiger partial charge on any atom is 0.266 e. The number of hydrogen-bond donors (Lipinski definition) is 0. The van der Waals surface area contributed by atoms with Gasteiger partial charge in [-0.1, -0.05) is 43.0 Å². The van der Waals surface area contributed by atoms with Crippen LogP contribution in [0.5, 0.6) is 5.75 Å². The summed E-state index contributed by atoms with van der Waals surface area (Å²) >= 11 is 6.10. The highest BCUT2D eigenvalue weighted by atomic mass is 32.2. The molecule has 1 aromatic carbocycles. The van der Waals surface area contributed by atoms with Crippen LogP contribution in [-0.4, -0.2) is 34.2 Å². The van der Waals surface area contributed by atoms with Crippen LogP contribution in [0.15, 0.2) is 29.2 Å². The molecule has 2 rings (SSSR count).